The lowest BCUT2D eigenvalue weighted by Crippen LogP contribution is -1.92. The van der Waals surface area contributed by atoms with Crippen LogP contribution in [0.15, 0.2) is 255 Å². The average molecular weight is 859 g/mol. The van der Waals surface area contributed by atoms with E-state index in [2.05, 4.69) is 255 Å². The summed E-state index contributed by atoms with van der Waals surface area (Å²) in [6.07, 6.45) is 0. The van der Waals surface area contributed by atoms with E-state index in [0.717, 1.165) is 0 Å². The second-order valence-electron chi connectivity index (χ2n) is 18.4. The molecule has 314 valence electrons. The van der Waals surface area contributed by atoms with Crippen LogP contribution in [0.1, 0.15) is 0 Å². The third kappa shape index (κ3) is 6.15. The molecular formula is C68H42. The summed E-state index contributed by atoms with van der Waals surface area (Å²) in [5.41, 5.74) is 14.7. The summed E-state index contributed by atoms with van der Waals surface area (Å²) in [4.78, 5) is 0. The van der Waals surface area contributed by atoms with Crippen molar-refractivity contribution in [3.05, 3.63) is 255 Å². The third-order valence-electron chi connectivity index (χ3n) is 14.6. The molecule has 0 nitrogen and oxygen atoms in total. The van der Waals surface area contributed by atoms with Crippen molar-refractivity contribution in [2.45, 2.75) is 0 Å². The molecule has 14 aromatic carbocycles. The molecule has 0 amide bonds. The molecule has 0 saturated heterocycles. The molecule has 0 atom stereocenters. The molecule has 0 bridgehead atoms. The highest BCUT2D eigenvalue weighted by Gasteiger charge is 2.19. The number of hydrogen-bond acceptors (Lipinski definition) is 0. The fourth-order valence-corrected chi connectivity index (χ4v) is 11.4. The second kappa shape index (κ2) is 15.4. The molecule has 0 N–H and O–H groups in total. The van der Waals surface area contributed by atoms with Crippen LogP contribution < -0.4 is 0 Å². The average Bonchev–Trinajstić information content (AvgIpc) is 3.41. The van der Waals surface area contributed by atoms with E-state index in [1.807, 2.05) is 0 Å². The quantitative estimate of drug-likeness (QED) is 0.146. The Kier molecular flexibility index (Phi) is 8.69. The fourth-order valence-electron chi connectivity index (χ4n) is 11.4. The predicted octanol–water partition coefficient (Wildman–Crippen LogP) is 19.2. The summed E-state index contributed by atoms with van der Waals surface area (Å²) in [6.45, 7) is 0. The van der Waals surface area contributed by atoms with Crippen LogP contribution in [0.25, 0.3) is 142 Å². The van der Waals surface area contributed by atoms with Crippen LogP contribution in [-0.2, 0) is 0 Å². The molecule has 68 heavy (non-hydrogen) atoms. The van der Waals surface area contributed by atoms with Gasteiger partial charge in [0, 0.05) is 0 Å². The largest absolute Gasteiger partial charge is 0.0616 e. The van der Waals surface area contributed by atoms with Crippen molar-refractivity contribution < 1.29 is 0 Å². The molecule has 0 heterocycles. The van der Waals surface area contributed by atoms with Crippen molar-refractivity contribution in [3.63, 3.8) is 0 Å². The van der Waals surface area contributed by atoms with Crippen LogP contribution in [0.5, 0.6) is 0 Å². The first kappa shape index (κ1) is 38.4. The smallest absolute Gasteiger partial charge is 0.00203 e. The molecular weight excluding hydrogens is 817 g/mol. The second-order valence-corrected chi connectivity index (χ2v) is 18.4. The Morgan fingerprint density at radius 1 is 0.147 bits per heavy atom. The van der Waals surface area contributed by atoms with Gasteiger partial charge in [-0.2, -0.15) is 0 Å². The summed E-state index contributed by atoms with van der Waals surface area (Å²) >= 11 is 0. The van der Waals surface area contributed by atoms with E-state index in [9.17, 15) is 0 Å². The summed E-state index contributed by atoms with van der Waals surface area (Å²) < 4.78 is 0. The first-order chi connectivity index (χ1) is 33.7. The van der Waals surface area contributed by atoms with Crippen molar-refractivity contribution in [1.82, 2.24) is 0 Å². The van der Waals surface area contributed by atoms with Gasteiger partial charge in [-0.15, -0.1) is 0 Å². The van der Waals surface area contributed by atoms with Crippen LogP contribution in [0.2, 0.25) is 0 Å². The van der Waals surface area contributed by atoms with Gasteiger partial charge in [-0.3, -0.25) is 0 Å². The minimum Gasteiger partial charge on any atom is -0.0616 e. The summed E-state index contributed by atoms with van der Waals surface area (Å²) in [6, 6.07) is 95.0. The van der Waals surface area contributed by atoms with E-state index in [0.29, 0.717) is 0 Å². The maximum absolute atomic E-state index is 2.42. The summed E-state index contributed by atoms with van der Waals surface area (Å²) in [5.74, 6) is 0. The van der Waals surface area contributed by atoms with Crippen molar-refractivity contribution >= 4 is 75.4 Å². The topological polar surface area (TPSA) is 0 Å². The van der Waals surface area contributed by atoms with Gasteiger partial charge in [-0.1, -0.05) is 218 Å². The third-order valence-corrected chi connectivity index (χ3v) is 14.6. The van der Waals surface area contributed by atoms with Crippen LogP contribution in [0.3, 0.4) is 0 Å². The first-order valence-electron chi connectivity index (χ1n) is 23.6. The SMILES string of the molecule is c1ccc2c(-c3cc(-c4cccc5ccccc45)cc(-c4ccc5ccc6c(-c7cc(-c8cccc9ccccc89)cc(-c8cccc9ccccc89)c7)ccc7ccc4c5c76)c3)cccc2c1. The van der Waals surface area contributed by atoms with Crippen LogP contribution >= 0.6 is 0 Å². The molecule has 14 rings (SSSR count). The Balaban J connectivity index is 1.01. The lowest BCUT2D eigenvalue weighted by molar-refractivity contribution is 1.60. The van der Waals surface area contributed by atoms with Gasteiger partial charge in [0.05, 0.1) is 0 Å². The van der Waals surface area contributed by atoms with E-state index in [-0.39, 0.29) is 0 Å². The van der Waals surface area contributed by atoms with Crippen LogP contribution in [0, 0.1) is 0 Å². The lowest BCUT2D eigenvalue weighted by Gasteiger charge is -2.19. The molecule has 0 unspecified atom stereocenters. The number of rotatable bonds is 6. The standard InChI is InChI=1S/C68H42/c1-5-21-55-43(13-1)17-9-25-59(55)49-37-50(60-26-10-18-44-14-2-6-22-56(44)60)40-53(39-49)63-33-29-47-32-36-66-64(34-30-48-31-35-65(63)67(47)68(48)66)54-41-51(61-27-11-19-45-15-3-7-23-57(45)61)38-52(42-54)62-28-12-20-46-16-4-8-24-58(46)62/h1-42H. The van der Waals surface area contributed by atoms with E-state index in [1.54, 1.807) is 0 Å². The van der Waals surface area contributed by atoms with E-state index in [1.165, 1.54) is 142 Å². The molecule has 0 aliphatic rings. The van der Waals surface area contributed by atoms with Crippen molar-refractivity contribution in [2.75, 3.05) is 0 Å². The van der Waals surface area contributed by atoms with Crippen molar-refractivity contribution in [2.24, 2.45) is 0 Å². The molecule has 0 heteroatoms. The Morgan fingerprint density at radius 2 is 0.382 bits per heavy atom. The van der Waals surface area contributed by atoms with Gasteiger partial charge in [0.2, 0.25) is 0 Å². The molecule has 0 aliphatic heterocycles. The van der Waals surface area contributed by atoms with Crippen LogP contribution in [0.4, 0.5) is 0 Å². The monoisotopic (exact) mass is 858 g/mol. The Hall–Kier alpha value is -8.84. The number of fused-ring (bicyclic) bond motifs is 4. The van der Waals surface area contributed by atoms with Gasteiger partial charge in [0.15, 0.2) is 0 Å². The van der Waals surface area contributed by atoms with E-state index in [4.69, 9.17) is 0 Å². The molecule has 0 aromatic heterocycles. The zero-order chi connectivity index (χ0) is 44.7. The Labute approximate surface area is 395 Å². The highest BCUT2D eigenvalue weighted by atomic mass is 14.2. The van der Waals surface area contributed by atoms with Gasteiger partial charge in [0.1, 0.15) is 0 Å². The zero-order valence-electron chi connectivity index (χ0n) is 37.2. The first-order valence-corrected chi connectivity index (χ1v) is 23.6. The van der Waals surface area contributed by atoms with Gasteiger partial charge >= 0.3 is 0 Å². The zero-order valence-corrected chi connectivity index (χ0v) is 37.2. The predicted molar refractivity (Wildman–Crippen MR) is 293 cm³/mol. The molecule has 0 fully saturated rings. The minimum absolute atomic E-state index is 1.21. The normalized spacial score (nSPS) is 11.8. The number of benzene rings is 14. The van der Waals surface area contributed by atoms with Gasteiger partial charge in [-0.05, 0) is 179 Å². The Bertz CT molecular complexity index is 3830. The summed E-state index contributed by atoms with van der Waals surface area (Å²) in [5, 5.41) is 17.6. The minimum atomic E-state index is 1.21. The van der Waals surface area contributed by atoms with E-state index >= 15 is 0 Å². The number of hydrogen-bond donors (Lipinski definition) is 0. The van der Waals surface area contributed by atoms with Crippen LogP contribution in [-0.4, -0.2) is 0 Å². The molecule has 14 aromatic rings. The van der Waals surface area contributed by atoms with Gasteiger partial charge < -0.3 is 0 Å². The highest BCUT2D eigenvalue weighted by molar-refractivity contribution is 6.28. The maximum Gasteiger partial charge on any atom is -0.00203 e. The molecule has 0 saturated carbocycles. The van der Waals surface area contributed by atoms with Gasteiger partial charge in [-0.25, -0.2) is 0 Å². The fraction of sp³-hybridized carbons (Fsp3) is 0. The Morgan fingerprint density at radius 3 is 0.676 bits per heavy atom. The van der Waals surface area contributed by atoms with Crippen molar-refractivity contribution in [1.29, 1.82) is 0 Å². The lowest BCUT2D eigenvalue weighted by atomic mass is 9.84. The van der Waals surface area contributed by atoms with E-state index < -0.39 is 0 Å². The molecule has 0 aliphatic carbocycles. The molecule has 0 radical (unpaired) electrons. The highest BCUT2D eigenvalue weighted by Crippen LogP contribution is 2.46. The van der Waals surface area contributed by atoms with Gasteiger partial charge in [0.25, 0.3) is 0 Å². The van der Waals surface area contributed by atoms with Crippen molar-refractivity contribution in [3.8, 4) is 66.8 Å². The maximum atomic E-state index is 2.42. The summed E-state index contributed by atoms with van der Waals surface area (Å²) in [7, 11) is 0. The molecule has 0 spiro atoms.